The van der Waals surface area contributed by atoms with E-state index < -0.39 is 0 Å². The number of rotatable bonds is 8. The van der Waals surface area contributed by atoms with E-state index in [2.05, 4.69) is 4.57 Å². The molecule has 4 nitrogen and oxygen atoms in total. The first-order valence-electron chi connectivity index (χ1n) is 7.70. The van der Waals surface area contributed by atoms with Gasteiger partial charge in [-0.15, -0.1) is 0 Å². The van der Waals surface area contributed by atoms with Gasteiger partial charge in [0.15, 0.2) is 0 Å². The lowest BCUT2D eigenvalue weighted by molar-refractivity contribution is -0.119. The number of aryl methyl sites for hydroxylation is 1. The normalized spacial score (nSPS) is 14.5. The molecule has 0 saturated heterocycles. The Labute approximate surface area is 129 Å². The zero-order valence-electron chi connectivity index (χ0n) is 12.8. The molecule has 22 heavy (non-hydrogen) atoms. The van der Waals surface area contributed by atoms with Crippen molar-refractivity contribution >= 4 is 17.3 Å². The second-order valence-corrected chi connectivity index (χ2v) is 5.87. The summed E-state index contributed by atoms with van der Waals surface area (Å²) in [6, 6.07) is 5.65. The molecule has 1 aliphatic rings. The van der Waals surface area contributed by atoms with Crippen LogP contribution < -0.4 is 0 Å². The van der Waals surface area contributed by atoms with Crippen molar-refractivity contribution in [2.45, 2.75) is 38.4 Å². The van der Waals surface area contributed by atoms with Crippen molar-refractivity contribution in [3.8, 4) is 0 Å². The summed E-state index contributed by atoms with van der Waals surface area (Å²) < 4.78 is 21.4. The van der Waals surface area contributed by atoms with Gasteiger partial charge < -0.3 is 14.2 Å². The van der Waals surface area contributed by atoms with E-state index >= 15 is 0 Å². The van der Waals surface area contributed by atoms with Crippen molar-refractivity contribution in [2.24, 2.45) is 0 Å². The second-order valence-electron chi connectivity index (χ2n) is 5.87. The highest BCUT2D eigenvalue weighted by molar-refractivity contribution is 5.81. The van der Waals surface area contributed by atoms with E-state index in [1.807, 2.05) is 18.3 Å². The van der Waals surface area contributed by atoms with Crippen LogP contribution in [0.5, 0.6) is 0 Å². The van der Waals surface area contributed by atoms with Crippen LogP contribution in [0.1, 0.15) is 24.8 Å². The third kappa shape index (κ3) is 3.14. The number of carbonyl (C=O) groups excluding carboxylic acids is 1. The zero-order chi connectivity index (χ0) is 15.5. The molecular weight excluding hydrogens is 283 g/mol. The molecule has 5 heteroatoms. The molecule has 0 unspecified atom stereocenters. The smallest absolute Gasteiger partial charge is 0.210 e. The summed E-state index contributed by atoms with van der Waals surface area (Å²) >= 11 is 0. The highest BCUT2D eigenvalue weighted by Crippen LogP contribution is 2.28. The van der Waals surface area contributed by atoms with E-state index in [4.69, 9.17) is 4.74 Å². The van der Waals surface area contributed by atoms with Crippen LogP contribution >= 0.6 is 0 Å². The summed E-state index contributed by atoms with van der Waals surface area (Å²) in [4.78, 5) is 12.8. The first-order chi connectivity index (χ1) is 10.7. The van der Waals surface area contributed by atoms with Gasteiger partial charge >= 0.3 is 0 Å². The Bertz CT molecular complexity index is 664. The summed E-state index contributed by atoms with van der Waals surface area (Å²) in [5.74, 6) is -0.241. The molecule has 1 amide bonds. The van der Waals surface area contributed by atoms with Crippen molar-refractivity contribution < 1.29 is 13.9 Å². The Morgan fingerprint density at radius 2 is 2.27 bits per heavy atom. The Kier molecular flexibility index (Phi) is 4.43. The molecule has 1 fully saturated rings. The topological polar surface area (TPSA) is 34.5 Å². The molecule has 0 N–H and O–H groups in total. The minimum absolute atomic E-state index is 0.241. The standard InChI is InChI=1S/C17H21FN2O2/c1-22-8-2-6-19-7-5-13-9-16(18)14(10-17(13)19)11-20(12-21)15-3-4-15/h5,7,9-10,12,15H,2-4,6,8,11H2,1H3. The molecule has 1 saturated carbocycles. The van der Waals surface area contributed by atoms with Crippen LogP contribution in [0, 0.1) is 5.82 Å². The largest absolute Gasteiger partial charge is 0.385 e. The lowest BCUT2D eigenvalue weighted by Gasteiger charge is -2.17. The van der Waals surface area contributed by atoms with Crippen LogP contribution in [0.15, 0.2) is 24.4 Å². The van der Waals surface area contributed by atoms with Crippen molar-refractivity contribution in [1.29, 1.82) is 0 Å². The van der Waals surface area contributed by atoms with Gasteiger partial charge in [0.2, 0.25) is 6.41 Å². The predicted molar refractivity (Wildman–Crippen MR) is 83.0 cm³/mol. The van der Waals surface area contributed by atoms with Crippen molar-refractivity contribution in [1.82, 2.24) is 9.47 Å². The first-order valence-corrected chi connectivity index (χ1v) is 7.70. The average Bonchev–Trinajstić information content (AvgIpc) is 3.29. The fourth-order valence-corrected chi connectivity index (χ4v) is 2.80. The fourth-order valence-electron chi connectivity index (χ4n) is 2.80. The molecule has 0 spiro atoms. The minimum atomic E-state index is -0.241. The van der Waals surface area contributed by atoms with Gasteiger partial charge in [-0.1, -0.05) is 0 Å². The molecule has 1 aromatic carbocycles. The summed E-state index contributed by atoms with van der Waals surface area (Å²) in [6.45, 7) is 1.88. The lowest BCUT2D eigenvalue weighted by atomic mass is 10.1. The van der Waals surface area contributed by atoms with Crippen molar-refractivity contribution in [3.05, 3.63) is 35.8 Å². The van der Waals surface area contributed by atoms with Crippen LogP contribution in [0.3, 0.4) is 0 Å². The maximum Gasteiger partial charge on any atom is 0.210 e. The van der Waals surface area contributed by atoms with E-state index in [0.29, 0.717) is 24.8 Å². The highest BCUT2D eigenvalue weighted by atomic mass is 19.1. The number of aromatic nitrogens is 1. The Morgan fingerprint density at radius 3 is 2.95 bits per heavy atom. The summed E-state index contributed by atoms with van der Waals surface area (Å²) in [5.41, 5.74) is 1.59. The molecule has 0 atom stereocenters. The SMILES string of the molecule is COCCCn1ccc2cc(F)c(CN(C=O)C3CC3)cc21. The number of amides is 1. The predicted octanol–water partition coefficient (Wildman–Crippen LogP) is 2.94. The molecule has 0 radical (unpaired) electrons. The Balaban J connectivity index is 1.84. The Hall–Kier alpha value is -1.88. The monoisotopic (exact) mass is 304 g/mol. The second kappa shape index (κ2) is 6.48. The number of carbonyl (C=O) groups is 1. The lowest BCUT2D eigenvalue weighted by Crippen LogP contribution is -2.24. The number of fused-ring (bicyclic) bond motifs is 1. The van der Waals surface area contributed by atoms with Crippen LogP contribution in [-0.4, -0.2) is 35.6 Å². The third-order valence-electron chi connectivity index (χ3n) is 4.19. The minimum Gasteiger partial charge on any atom is -0.385 e. The van der Waals surface area contributed by atoms with E-state index in [1.54, 1.807) is 18.1 Å². The number of hydrogen-bond donors (Lipinski definition) is 0. The highest BCUT2D eigenvalue weighted by Gasteiger charge is 2.28. The van der Waals surface area contributed by atoms with Gasteiger partial charge in [0.1, 0.15) is 5.82 Å². The number of hydrogen-bond acceptors (Lipinski definition) is 2. The number of methoxy groups -OCH3 is 1. The van der Waals surface area contributed by atoms with E-state index in [1.165, 1.54) is 0 Å². The van der Waals surface area contributed by atoms with Gasteiger partial charge in [-0.05, 0) is 37.5 Å². The molecule has 3 rings (SSSR count). The maximum absolute atomic E-state index is 14.2. The molecule has 1 aliphatic carbocycles. The molecular formula is C17H21FN2O2. The van der Waals surface area contributed by atoms with Gasteiger partial charge in [-0.3, -0.25) is 4.79 Å². The molecule has 1 aromatic heterocycles. The number of nitrogens with zero attached hydrogens (tertiary/aromatic N) is 2. The molecule has 0 bridgehead atoms. The van der Waals surface area contributed by atoms with Gasteiger partial charge in [0.25, 0.3) is 0 Å². The maximum atomic E-state index is 14.2. The van der Waals surface area contributed by atoms with Gasteiger partial charge in [0.05, 0.1) is 0 Å². The van der Waals surface area contributed by atoms with Crippen molar-refractivity contribution in [3.63, 3.8) is 0 Å². The van der Waals surface area contributed by atoms with Crippen LogP contribution in [-0.2, 0) is 22.6 Å². The summed E-state index contributed by atoms with van der Waals surface area (Å²) in [7, 11) is 1.69. The summed E-state index contributed by atoms with van der Waals surface area (Å²) in [6.07, 6.45) is 5.77. The fraction of sp³-hybridized carbons (Fsp3) is 0.471. The molecule has 1 heterocycles. The zero-order valence-corrected chi connectivity index (χ0v) is 12.8. The van der Waals surface area contributed by atoms with E-state index in [0.717, 1.165) is 43.1 Å². The van der Waals surface area contributed by atoms with E-state index in [9.17, 15) is 9.18 Å². The van der Waals surface area contributed by atoms with Gasteiger partial charge in [-0.25, -0.2) is 4.39 Å². The molecule has 2 aromatic rings. The van der Waals surface area contributed by atoms with Crippen LogP contribution in [0.25, 0.3) is 10.9 Å². The van der Waals surface area contributed by atoms with Gasteiger partial charge in [-0.2, -0.15) is 0 Å². The number of ether oxygens (including phenoxy) is 1. The Morgan fingerprint density at radius 1 is 1.45 bits per heavy atom. The summed E-state index contributed by atoms with van der Waals surface area (Å²) in [5, 5.41) is 0.891. The van der Waals surface area contributed by atoms with Crippen molar-refractivity contribution in [2.75, 3.05) is 13.7 Å². The number of halogens is 1. The van der Waals surface area contributed by atoms with Crippen LogP contribution in [0.4, 0.5) is 4.39 Å². The first kappa shape index (κ1) is 15.0. The average molecular weight is 304 g/mol. The third-order valence-corrected chi connectivity index (χ3v) is 4.19. The number of benzene rings is 1. The molecule has 0 aliphatic heterocycles. The molecule has 118 valence electrons. The van der Waals surface area contributed by atoms with E-state index in [-0.39, 0.29) is 5.82 Å². The quantitative estimate of drug-likeness (QED) is 0.555. The van der Waals surface area contributed by atoms with Gasteiger partial charge in [0, 0.05) is 55.5 Å². The van der Waals surface area contributed by atoms with Crippen LogP contribution in [0.2, 0.25) is 0 Å².